The average molecular weight is 365 g/mol. The van der Waals surface area contributed by atoms with E-state index in [1.54, 1.807) is 11.8 Å². The lowest BCUT2D eigenvalue weighted by atomic mass is 10.2. The van der Waals surface area contributed by atoms with Gasteiger partial charge in [-0.25, -0.2) is 0 Å². The summed E-state index contributed by atoms with van der Waals surface area (Å²) in [7, 11) is 0. The van der Waals surface area contributed by atoms with Gasteiger partial charge in [0, 0.05) is 24.6 Å². The summed E-state index contributed by atoms with van der Waals surface area (Å²) in [5, 5.41) is 0. The number of amides is 1. The van der Waals surface area contributed by atoms with Crippen molar-refractivity contribution in [2.45, 2.75) is 31.1 Å². The Kier molecular flexibility index (Phi) is 7.36. The van der Waals surface area contributed by atoms with Crippen LogP contribution in [0.5, 0.6) is 0 Å². The highest BCUT2D eigenvalue weighted by Crippen LogP contribution is 2.21. The second-order valence-electron chi connectivity index (χ2n) is 6.66. The highest BCUT2D eigenvalue weighted by molar-refractivity contribution is 7.99. The van der Waals surface area contributed by atoms with Gasteiger partial charge < -0.3 is 9.80 Å². The Balaban J connectivity index is 1.51. The highest BCUT2D eigenvalue weighted by Gasteiger charge is 2.28. The van der Waals surface area contributed by atoms with Gasteiger partial charge in [0.05, 0.1) is 11.8 Å². The number of nitrogens with zero attached hydrogens (tertiary/aromatic N) is 2. The van der Waals surface area contributed by atoms with Crippen LogP contribution in [0.1, 0.15) is 24.8 Å². The maximum Gasteiger partial charge on any atom is 0.232 e. The standard InChI is InChI=1S/C19H28N2OS2/c22-19(16-24-14-17-7-2-1-3-8-17)21-11-6-12-23-15-18(21)13-20-9-4-5-10-20/h1-3,7-8,18H,4-6,9-16H2. The molecule has 1 aromatic carbocycles. The molecule has 0 spiro atoms. The first kappa shape index (κ1) is 18.2. The van der Waals surface area contributed by atoms with Crippen molar-refractivity contribution in [1.82, 2.24) is 9.80 Å². The van der Waals surface area contributed by atoms with Gasteiger partial charge in [-0.05, 0) is 43.7 Å². The Hall–Kier alpha value is -0.650. The van der Waals surface area contributed by atoms with Crippen LogP contribution in [-0.2, 0) is 10.5 Å². The lowest BCUT2D eigenvalue weighted by Gasteiger charge is -2.32. The molecule has 0 saturated carbocycles. The molecule has 1 aromatic rings. The summed E-state index contributed by atoms with van der Waals surface area (Å²) >= 11 is 3.77. The van der Waals surface area contributed by atoms with E-state index in [1.807, 2.05) is 17.8 Å². The minimum Gasteiger partial charge on any atom is -0.337 e. The van der Waals surface area contributed by atoms with Gasteiger partial charge in [0.15, 0.2) is 0 Å². The van der Waals surface area contributed by atoms with Crippen molar-refractivity contribution in [2.24, 2.45) is 0 Å². The second-order valence-corrected chi connectivity index (χ2v) is 8.79. The fourth-order valence-corrected chi connectivity index (χ4v) is 5.41. The van der Waals surface area contributed by atoms with E-state index in [-0.39, 0.29) is 0 Å². The van der Waals surface area contributed by atoms with E-state index in [0.717, 1.165) is 31.0 Å². The van der Waals surface area contributed by atoms with Crippen molar-refractivity contribution >= 4 is 29.4 Å². The van der Waals surface area contributed by atoms with Gasteiger partial charge in [-0.3, -0.25) is 4.79 Å². The number of carbonyl (C=O) groups excluding carboxylic acids is 1. The molecule has 0 aliphatic carbocycles. The van der Waals surface area contributed by atoms with Crippen LogP contribution in [0.3, 0.4) is 0 Å². The summed E-state index contributed by atoms with van der Waals surface area (Å²) < 4.78 is 0. The summed E-state index contributed by atoms with van der Waals surface area (Å²) in [6, 6.07) is 10.8. The number of thioether (sulfide) groups is 2. The molecule has 2 aliphatic heterocycles. The third-order valence-corrected chi connectivity index (χ3v) is 6.95. The largest absolute Gasteiger partial charge is 0.337 e. The quantitative estimate of drug-likeness (QED) is 0.772. The van der Waals surface area contributed by atoms with Crippen LogP contribution in [0.15, 0.2) is 30.3 Å². The highest BCUT2D eigenvalue weighted by atomic mass is 32.2. The molecule has 2 fully saturated rings. The van der Waals surface area contributed by atoms with Gasteiger partial charge in [0.25, 0.3) is 0 Å². The Bertz CT molecular complexity index is 505. The third-order valence-electron chi connectivity index (χ3n) is 4.76. The number of benzene rings is 1. The molecule has 132 valence electrons. The first-order valence-corrected chi connectivity index (χ1v) is 11.3. The minimum atomic E-state index is 0.336. The van der Waals surface area contributed by atoms with Crippen LogP contribution >= 0.6 is 23.5 Å². The van der Waals surface area contributed by atoms with Crippen LogP contribution in [0.4, 0.5) is 0 Å². The van der Waals surface area contributed by atoms with Crippen molar-refractivity contribution in [2.75, 3.05) is 43.4 Å². The molecule has 2 heterocycles. The zero-order valence-corrected chi connectivity index (χ0v) is 16.0. The van der Waals surface area contributed by atoms with Crippen LogP contribution in [0.25, 0.3) is 0 Å². The van der Waals surface area contributed by atoms with Crippen molar-refractivity contribution in [3.63, 3.8) is 0 Å². The predicted octanol–water partition coefficient (Wildman–Crippen LogP) is 3.35. The molecule has 24 heavy (non-hydrogen) atoms. The molecule has 2 saturated heterocycles. The van der Waals surface area contributed by atoms with Crippen molar-refractivity contribution in [3.05, 3.63) is 35.9 Å². The molecule has 0 radical (unpaired) electrons. The van der Waals surface area contributed by atoms with Gasteiger partial charge in [-0.2, -0.15) is 11.8 Å². The smallest absolute Gasteiger partial charge is 0.232 e. The molecule has 5 heteroatoms. The van der Waals surface area contributed by atoms with Gasteiger partial charge in [-0.1, -0.05) is 30.3 Å². The van der Waals surface area contributed by atoms with E-state index in [2.05, 4.69) is 34.1 Å². The fraction of sp³-hybridized carbons (Fsp3) is 0.632. The summed E-state index contributed by atoms with van der Waals surface area (Å²) in [6.07, 6.45) is 3.78. The lowest BCUT2D eigenvalue weighted by molar-refractivity contribution is -0.130. The molecule has 0 N–H and O–H groups in total. The maximum atomic E-state index is 12.8. The van der Waals surface area contributed by atoms with Crippen LogP contribution in [0.2, 0.25) is 0 Å². The molecule has 2 aliphatic rings. The lowest BCUT2D eigenvalue weighted by Crippen LogP contribution is -2.48. The molecule has 0 aromatic heterocycles. The zero-order chi connectivity index (χ0) is 16.6. The van der Waals surface area contributed by atoms with E-state index < -0.39 is 0 Å². The van der Waals surface area contributed by atoms with E-state index >= 15 is 0 Å². The van der Waals surface area contributed by atoms with Gasteiger partial charge in [0.2, 0.25) is 5.91 Å². The van der Waals surface area contributed by atoms with Crippen molar-refractivity contribution in [1.29, 1.82) is 0 Å². The summed E-state index contributed by atoms with van der Waals surface area (Å²) in [6.45, 7) is 4.44. The second kappa shape index (κ2) is 9.73. The molecule has 1 unspecified atom stereocenters. The van der Waals surface area contributed by atoms with Crippen molar-refractivity contribution in [3.8, 4) is 0 Å². The van der Waals surface area contributed by atoms with E-state index in [0.29, 0.717) is 17.7 Å². The number of rotatable bonds is 6. The first-order chi connectivity index (χ1) is 11.8. The van der Waals surface area contributed by atoms with E-state index in [1.165, 1.54) is 37.2 Å². The Morgan fingerprint density at radius 3 is 2.71 bits per heavy atom. The topological polar surface area (TPSA) is 23.6 Å². The van der Waals surface area contributed by atoms with Gasteiger partial charge in [0.1, 0.15) is 0 Å². The molecule has 3 nitrogen and oxygen atoms in total. The summed E-state index contributed by atoms with van der Waals surface area (Å²) in [4.78, 5) is 17.5. The average Bonchev–Trinajstić information content (AvgIpc) is 3.00. The molecule has 1 atom stereocenters. The van der Waals surface area contributed by atoms with Crippen LogP contribution < -0.4 is 0 Å². The Labute approximate surface area is 154 Å². The third kappa shape index (κ3) is 5.43. The summed E-state index contributed by atoms with van der Waals surface area (Å²) in [5.41, 5.74) is 1.30. The Morgan fingerprint density at radius 1 is 1.12 bits per heavy atom. The minimum absolute atomic E-state index is 0.336. The Morgan fingerprint density at radius 2 is 1.92 bits per heavy atom. The van der Waals surface area contributed by atoms with E-state index in [9.17, 15) is 4.79 Å². The maximum absolute atomic E-state index is 12.8. The van der Waals surface area contributed by atoms with Crippen molar-refractivity contribution < 1.29 is 4.79 Å². The van der Waals surface area contributed by atoms with Crippen LogP contribution in [0, 0.1) is 0 Å². The van der Waals surface area contributed by atoms with Gasteiger partial charge >= 0.3 is 0 Å². The molecular formula is C19H28N2OS2. The molecule has 3 rings (SSSR count). The number of carbonyl (C=O) groups is 1. The SMILES string of the molecule is O=C(CSCc1ccccc1)N1CCCSCC1CN1CCCC1. The first-order valence-electron chi connectivity index (χ1n) is 9.04. The molecular weight excluding hydrogens is 336 g/mol. The molecule has 0 bridgehead atoms. The fourth-order valence-electron chi connectivity index (χ4n) is 3.49. The molecule has 1 amide bonds. The van der Waals surface area contributed by atoms with Crippen LogP contribution in [-0.4, -0.2) is 65.2 Å². The monoisotopic (exact) mass is 364 g/mol. The predicted molar refractivity (Wildman–Crippen MR) is 106 cm³/mol. The van der Waals surface area contributed by atoms with E-state index in [4.69, 9.17) is 0 Å². The number of likely N-dealkylation sites (tertiary alicyclic amines) is 1. The number of hydrogen-bond acceptors (Lipinski definition) is 4. The summed E-state index contributed by atoms with van der Waals surface area (Å²) in [5.74, 6) is 4.16. The zero-order valence-electron chi connectivity index (χ0n) is 14.4. The normalized spacial score (nSPS) is 22.5. The van der Waals surface area contributed by atoms with Gasteiger partial charge in [-0.15, -0.1) is 11.8 Å². The number of hydrogen-bond donors (Lipinski definition) is 0.